The normalized spacial score (nSPS) is 25.9. The topological polar surface area (TPSA) is 87.7 Å². The molecule has 0 aliphatic heterocycles. The first-order valence-electron chi connectivity index (χ1n) is 7.83. The van der Waals surface area contributed by atoms with E-state index < -0.39 is 5.54 Å². The third kappa shape index (κ3) is 2.91. The molecular weight excluding hydrogens is 254 g/mol. The number of amidine groups is 1. The molecule has 0 saturated heterocycles. The first-order chi connectivity index (χ1) is 9.52. The summed E-state index contributed by atoms with van der Waals surface area (Å²) < 4.78 is 0. The van der Waals surface area contributed by atoms with Crippen molar-refractivity contribution in [3.05, 3.63) is 0 Å². The lowest BCUT2D eigenvalue weighted by molar-refractivity contribution is -0.133. The fourth-order valence-corrected chi connectivity index (χ4v) is 3.62. The molecule has 2 aliphatic rings. The molecule has 0 aromatic rings. The molecule has 114 valence electrons. The van der Waals surface area contributed by atoms with Gasteiger partial charge in [-0.25, -0.2) is 0 Å². The second kappa shape index (κ2) is 6.02. The van der Waals surface area contributed by atoms with Gasteiger partial charge < -0.3 is 16.3 Å². The maximum atomic E-state index is 12.7. The van der Waals surface area contributed by atoms with Gasteiger partial charge in [0.25, 0.3) is 0 Å². The van der Waals surface area contributed by atoms with Gasteiger partial charge in [-0.05, 0) is 25.7 Å². The molecule has 0 radical (unpaired) electrons. The van der Waals surface area contributed by atoms with Gasteiger partial charge in [-0.2, -0.15) is 0 Å². The molecule has 0 aromatic heterocycles. The van der Waals surface area contributed by atoms with Gasteiger partial charge in [0.15, 0.2) is 5.84 Å². The lowest BCUT2D eigenvalue weighted by Crippen LogP contribution is -2.61. The molecule has 0 unspecified atom stereocenters. The third-order valence-corrected chi connectivity index (χ3v) is 5.16. The average Bonchev–Trinajstić information content (AvgIpc) is 2.48. The highest BCUT2D eigenvalue weighted by atomic mass is 16.4. The molecule has 2 aliphatic carbocycles. The standard InChI is InChI=1S/C15H27N3O2/c1-14(8-4-2-5-9-14)13(19)17-15(12(16)18-20)10-6-3-7-11-15/h20H,2-11H2,1H3,(H2,16,18)(H,17,19). The maximum absolute atomic E-state index is 12.7. The highest BCUT2D eigenvalue weighted by Gasteiger charge is 2.43. The van der Waals surface area contributed by atoms with Crippen molar-refractivity contribution in [1.29, 1.82) is 0 Å². The van der Waals surface area contributed by atoms with Gasteiger partial charge in [0.2, 0.25) is 5.91 Å². The number of hydrogen-bond donors (Lipinski definition) is 3. The van der Waals surface area contributed by atoms with Crippen molar-refractivity contribution >= 4 is 11.7 Å². The number of nitrogens with zero attached hydrogens (tertiary/aromatic N) is 1. The van der Waals surface area contributed by atoms with Gasteiger partial charge >= 0.3 is 0 Å². The molecule has 1 amide bonds. The summed E-state index contributed by atoms with van der Waals surface area (Å²) in [5.41, 5.74) is 4.96. The molecule has 0 aromatic carbocycles. The van der Waals surface area contributed by atoms with Crippen LogP contribution in [0.3, 0.4) is 0 Å². The van der Waals surface area contributed by atoms with E-state index in [1.807, 2.05) is 6.92 Å². The Labute approximate surface area is 121 Å². The first kappa shape index (κ1) is 15.1. The second-order valence-corrected chi connectivity index (χ2v) is 6.70. The van der Waals surface area contributed by atoms with Gasteiger partial charge in [-0.1, -0.05) is 50.6 Å². The van der Waals surface area contributed by atoms with E-state index in [4.69, 9.17) is 10.9 Å². The summed E-state index contributed by atoms with van der Waals surface area (Å²) in [4.78, 5) is 12.7. The Morgan fingerprint density at radius 2 is 1.55 bits per heavy atom. The molecular formula is C15H27N3O2. The SMILES string of the molecule is CC1(C(=O)NC2(C(N)=NO)CCCCC2)CCCCC1. The lowest BCUT2D eigenvalue weighted by atomic mass is 9.73. The highest BCUT2D eigenvalue weighted by molar-refractivity contribution is 5.95. The summed E-state index contributed by atoms with van der Waals surface area (Å²) in [6.07, 6.45) is 10.0. The molecule has 0 bridgehead atoms. The highest BCUT2D eigenvalue weighted by Crippen LogP contribution is 2.37. The predicted octanol–water partition coefficient (Wildman–Crippen LogP) is 2.52. The summed E-state index contributed by atoms with van der Waals surface area (Å²) in [6, 6.07) is 0. The fourth-order valence-electron chi connectivity index (χ4n) is 3.62. The molecule has 0 atom stereocenters. The molecule has 4 N–H and O–H groups in total. The maximum Gasteiger partial charge on any atom is 0.226 e. The number of rotatable bonds is 3. The van der Waals surface area contributed by atoms with Crippen LogP contribution >= 0.6 is 0 Å². The van der Waals surface area contributed by atoms with Crippen LogP contribution in [0.15, 0.2) is 5.16 Å². The zero-order valence-electron chi connectivity index (χ0n) is 12.5. The summed E-state index contributed by atoms with van der Waals surface area (Å²) in [5.74, 6) is 0.232. The fraction of sp³-hybridized carbons (Fsp3) is 0.867. The Hall–Kier alpha value is -1.26. The Kier molecular flexibility index (Phi) is 4.55. The third-order valence-electron chi connectivity index (χ3n) is 5.16. The molecule has 5 nitrogen and oxygen atoms in total. The minimum absolute atomic E-state index is 0.0747. The summed E-state index contributed by atoms with van der Waals surface area (Å²) in [6.45, 7) is 2.05. The van der Waals surface area contributed by atoms with Crippen LogP contribution < -0.4 is 11.1 Å². The number of carbonyl (C=O) groups is 1. The smallest absolute Gasteiger partial charge is 0.226 e. The summed E-state index contributed by atoms with van der Waals surface area (Å²) >= 11 is 0. The molecule has 0 spiro atoms. The first-order valence-corrected chi connectivity index (χ1v) is 7.83. The van der Waals surface area contributed by atoms with Crippen LogP contribution in [0.5, 0.6) is 0 Å². The van der Waals surface area contributed by atoms with Crippen LogP contribution in [0.2, 0.25) is 0 Å². The zero-order chi connectivity index (χ0) is 14.6. The minimum atomic E-state index is -0.634. The van der Waals surface area contributed by atoms with Crippen molar-refractivity contribution < 1.29 is 10.0 Å². The summed E-state index contributed by atoms with van der Waals surface area (Å²) in [5, 5.41) is 15.4. The van der Waals surface area contributed by atoms with Crippen LogP contribution in [-0.4, -0.2) is 22.5 Å². The number of amides is 1. The van der Waals surface area contributed by atoms with Crippen LogP contribution in [0.4, 0.5) is 0 Å². The Morgan fingerprint density at radius 1 is 1.05 bits per heavy atom. The average molecular weight is 281 g/mol. The van der Waals surface area contributed by atoms with Gasteiger partial charge in [-0.3, -0.25) is 4.79 Å². The van der Waals surface area contributed by atoms with Gasteiger partial charge in [0.1, 0.15) is 5.54 Å². The minimum Gasteiger partial charge on any atom is -0.409 e. The van der Waals surface area contributed by atoms with Crippen molar-refractivity contribution in [3.63, 3.8) is 0 Å². The van der Waals surface area contributed by atoms with Crippen LogP contribution in [0.25, 0.3) is 0 Å². The molecule has 2 fully saturated rings. The number of nitrogens with two attached hydrogens (primary N) is 1. The Morgan fingerprint density at radius 3 is 2.05 bits per heavy atom. The van der Waals surface area contributed by atoms with E-state index in [-0.39, 0.29) is 17.2 Å². The Balaban J connectivity index is 2.13. The molecule has 5 heteroatoms. The largest absolute Gasteiger partial charge is 0.409 e. The van der Waals surface area contributed by atoms with Crippen molar-refractivity contribution in [1.82, 2.24) is 5.32 Å². The van der Waals surface area contributed by atoms with Gasteiger partial charge in [-0.15, -0.1) is 0 Å². The van der Waals surface area contributed by atoms with Crippen molar-refractivity contribution in [2.75, 3.05) is 0 Å². The van der Waals surface area contributed by atoms with Crippen LogP contribution in [-0.2, 0) is 4.79 Å². The van der Waals surface area contributed by atoms with Crippen molar-refractivity contribution in [3.8, 4) is 0 Å². The number of carbonyl (C=O) groups excluding carboxylic acids is 1. The number of oxime groups is 1. The van der Waals surface area contributed by atoms with E-state index in [0.29, 0.717) is 0 Å². The predicted molar refractivity (Wildman–Crippen MR) is 78.6 cm³/mol. The molecule has 0 heterocycles. The number of hydrogen-bond acceptors (Lipinski definition) is 3. The van der Waals surface area contributed by atoms with E-state index >= 15 is 0 Å². The van der Waals surface area contributed by atoms with Crippen LogP contribution in [0.1, 0.15) is 71.1 Å². The monoisotopic (exact) mass is 281 g/mol. The van der Waals surface area contributed by atoms with Crippen molar-refractivity contribution in [2.45, 2.75) is 76.7 Å². The molecule has 2 saturated carbocycles. The van der Waals surface area contributed by atoms with E-state index in [9.17, 15) is 4.79 Å². The van der Waals surface area contributed by atoms with Gasteiger partial charge in [0.05, 0.1) is 0 Å². The summed E-state index contributed by atoms with van der Waals surface area (Å²) in [7, 11) is 0. The van der Waals surface area contributed by atoms with E-state index in [1.54, 1.807) is 0 Å². The molecule has 20 heavy (non-hydrogen) atoms. The van der Waals surface area contributed by atoms with E-state index in [0.717, 1.165) is 57.8 Å². The van der Waals surface area contributed by atoms with Gasteiger partial charge in [0, 0.05) is 5.41 Å². The zero-order valence-corrected chi connectivity index (χ0v) is 12.5. The van der Waals surface area contributed by atoms with Crippen LogP contribution in [0, 0.1) is 5.41 Å². The quantitative estimate of drug-likeness (QED) is 0.321. The van der Waals surface area contributed by atoms with E-state index in [2.05, 4.69) is 10.5 Å². The number of nitrogens with one attached hydrogen (secondary N) is 1. The lowest BCUT2D eigenvalue weighted by Gasteiger charge is -2.41. The second-order valence-electron chi connectivity index (χ2n) is 6.70. The Bertz CT molecular complexity index is 381. The van der Waals surface area contributed by atoms with E-state index in [1.165, 1.54) is 6.42 Å². The van der Waals surface area contributed by atoms with Crippen molar-refractivity contribution in [2.24, 2.45) is 16.3 Å². The molecule has 2 rings (SSSR count).